The van der Waals surface area contributed by atoms with Crippen molar-refractivity contribution in [3.63, 3.8) is 0 Å². The third kappa shape index (κ3) is 3.58. The van der Waals surface area contributed by atoms with Gasteiger partial charge in [-0.1, -0.05) is 26.0 Å². The number of hydrogen-bond donors (Lipinski definition) is 2. The van der Waals surface area contributed by atoms with Crippen LogP contribution in [0.3, 0.4) is 0 Å². The van der Waals surface area contributed by atoms with Gasteiger partial charge in [0.05, 0.1) is 19.8 Å². The van der Waals surface area contributed by atoms with Crippen molar-refractivity contribution in [3.8, 4) is 23.0 Å². The Balaban J connectivity index is 2.90. The second kappa shape index (κ2) is 9.08. The van der Waals surface area contributed by atoms with Gasteiger partial charge in [-0.2, -0.15) is 0 Å². The summed E-state index contributed by atoms with van der Waals surface area (Å²) in [4.78, 5) is 23.5. The Labute approximate surface area is 164 Å². The Morgan fingerprint density at radius 1 is 0.857 bits per heavy atom. The maximum atomic E-state index is 11.8. The van der Waals surface area contributed by atoms with Gasteiger partial charge in [0, 0.05) is 11.1 Å². The van der Waals surface area contributed by atoms with Crippen LogP contribution in [0.25, 0.3) is 11.1 Å². The minimum absolute atomic E-state index is 0.0153. The van der Waals surface area contributed by atoms with Crippen molar-refractivity contribution in [1.82, 2.24) is 0 Å². The van der Waals surface area contributed by atoms with E-state index in [2.05, 4.69) is 0 Å². The van der Waals surface area contributed by atoms with Crippen LogP contribution < -0.4 is 9.47 Å². The van der Waals surface area contributed by atoms with Crippen LogP contribution in [0.1, 0.15) is 58.5 Å². The van der Waals surface area contributed by atoms with Gasteiger partial charge in [0.1, 0.15) is 5.75 Å². The fourth-order valence-electron chi connectivity index (χ4n) is 3.41. The fraction of sp³-hybridized carbons (Fsp3) is 0.273. The zero-order valence-corrected chi connectivity index (χ0v) is 16.4. The maximum Gasteiger partial charge on any atom is 0.201 e. The summed E-state index contributed by atoms with van der Waals surface area (Å²) >= 11 is 0. The quantitative estimate of drug-likeness (QED) is 0.396. The summed E-state index contributed by atoms with van der Waals surface area (Å²) in [7, 11) is 2.83. The Hall–Kier alpha value is -3.28. The molecule has 0 atom stereocenters. The van der Waals surface area contributed by atoms with E-state index in [0.29, 0.717) is 36.7 Å². The molecule has 148 valence electrons. The van der Waals surface area contributed by atoms with Crippen molar-refractivity contribution in [3.05, 3.63) is 46.5 Å². The Kier molecular flexibility index (Phi) is 6.82. The lowest BCUT2D eigenvalue weighted by Gasteiger charge is -2.20. The molecule has 2 rings (SSSR count). The summed E-state index contributed by atoms with van der Waals surface area (Å²) in [5, 5.41) is 21.0. The second-order valence-electron chi connectivity index (χ2n) is 6.06. The lowest BCUT2D eigenvalue weighted by Crippen LogP contribution is -2.04. The molecule has 6 heteroatoms. The molecule has 0 unspecified atom stereocenters. The van der Waals surface area contributed by atoms with E-state index < -0.39 is 11.5 Å². The third-order valence-corrected chi connectivity index (χ3v) is 4.73. The van der Waals surface area contributed by atoms with Gasteiger partial charge in [-0.3, -0.25) is 9.59 Å². The van der Waals surface area contributed by atoms with Crippen LogP contribution in [0.2, 0.25) is 0 Å². The minimum atomic E-state index is -0.568. The molecule has 0 bridgehead atoms. The molecule has 0 saturated carbocycles. The minimum Gasteiger partial charge on any atom is -0.504 e. The number of allylic oxidation sites excluding steroid dienone is 2. The lowest BCUT2D eigenvalue weighted by molar-refractivity contribution is 0.109. The number of ether oxygens (including phenoxy) is 2. The summed E-state index contributed by atoms with van der Waals surface area (Å²) in [5.41, 5.74) is 2.46. The van der Waals surface area contributed by atoms with Gasteiger partial charge in [0.15, 0.2) is 24.1 Å². The normalized spacial score (nSPS) is 11.6. The van der Waals surface area contributed by atoms with E-state index in [-0.39, 0.29) is 22.4 Å². The molecule has 0 aliphatic heterocycles. The molecule has 0 radical (unpaired) electrons. The summed E-state index contributed by atoms with van der Waals surface area (Å²) in [6.45, 7) is 3.83. The van der Waals surface area contributed by atoms with Crippen LogP contribution >= 0.6 is 0 Å². The van der Waals surface area contributed by atoms with E-state index >= 15 is 0 Å². The maximum absolute atomic E-state index is 11.8. The van der Waals surface area contributed by atoms with Crippen LogP contribution in [0.15, 0.2) is 24.3 Å². The molecule has 0 spiro atoms. The van der Waals surface area contributed by atoms with Crippen molar-refractivity contribution in [1.29, 1.82) is 0 Å². The Morgan fingerprint density at radius 3 is 1.86 bits per heavy atom. The second-order valence-corrected chi connectivity index (χ2v) is 6.06. The van der Waals surface area contributed by atoms with E-state index in [0.717, 1.165) is 11.1 Å². The first-order valence-corrected chi connectivity index (χ1v) is 8.91. The molecular formula is C22H24O6. The molecule has 0 aliphatic carbocycles. The van der Waals surface area contributed by atoms with Gasteiger partial charge in [-0.05, 0) is 41.7 Å². The van der Waals surface area contributed by atoms with E-state index in [1.54, 1.807) is 7.11 Å². The van der Waals surface area contributed by atoms with Gasteiger partial charge in [0.25, 0.3) is 0 Å². The average molecular weight is 384 g/mol. The fourth-order valence-corrected chi connectivity index (χ4v) is 3.41. The highest BCUT2D eigenvalue weighted by Crippen LogP contribution is 2.48. The first-order valence-electron chi connectivity index (χ1n) is 8.91. The molecule has 6 nitrogen and oxygen atoms in total. The number of methoxy groups -OCH3 is 2. The van der Waals surface area contributed by atoms with Gasteiger partial charge < -0.3 is 19.7 Å². The van der Waals surface area contributed by atoms with Gasteiger partial charge >= 0.3 is 0 Å². The number of rotatable bonds is 8. The van der Waals surface area contributed by atoms with Crippen LogP contribution in [-0.2, 0) is 0 Å². The molecule has 0 heterocycles. The average Bonchev–Trinajstić information content (AvgIpc) is 2.73. The van der Waals surface area contributed by atoms with Crippen molar-refractivity contribution in [2.75, 3.05) is 14.2 Å². The largest absolute Gasteiger partial charge is 0.504 e. The van der Waals surface area contributed by atoms with Crippen LogP contribution in [0, 0.1) is 0 Å². The van der Waals surface area contributed by atoms with E-state index in [9.17, 15) is 19.8 Å². The highest BCUT2D eigenvalue weighted by molar-refractivity contribution is 6.05. The summed E-state index contributed by atoms with van der Waals surface area (Å²) in [6, 6.07) is 7.41. The van der Waals surface area contributed by atoms with Gasteiger partial charge in [-0.15, -0.1) is 0 Å². The molecule has 0 saturated heterocycles. The number of aromatic hydroxyl groups is 2. The molecule has 2 aromatic rings. The molecule has 2 aromatic carbocycles. The van der Waals surface area contributed by atoms with Crippen molar-refractivity contribution in [2.24, 2.45) is 0 Å². The van der Waals surface area contributed by atoms with Crippen LogP contribution in [0.5, 0.6) is 23.0 Å². The zero-order valence-electron chi connectivity index (χ0n) is 16.4. The monoisotopic (exact) mass is 384 g/mol. The molecule has 28 heavy (non-hydrogen) atoms. The Morgan fingerprint density at radius 2 is 1.43 bits per heavy atom. The standard InChI is InChI=1S/C22H24O6/c1-5-15(13-7-9-14(27-3)10-8-13)16(6-2)19-17(11-23)18(12-24)22(28-4)21(26)20(19)25/h7-12,25-26H,5-6H2,1-4H3. The van der Waals surface area contributed by atoms with Crippen LogP contribution in [-0.4, -0.2) is 37.0 Å². The number of carbonyl (C=O) groups is 2. The predicted octanol–water partition coefficient (Wildman–Crippen LogP) is 4.47. The van der Waals surface area contributed by atoms with Crippen molar-refractivity contribution >= 4 is 23.7 Å². The summed E-state index contributed by atoms with van der Waals surface area (Å²) < 4.78 is 10.2. The van der Waals surface area contributed by atoms with Crippen molar-refractivity contribution < 1.29 is 29.3 Å². The molecule has 0 amide bonds. The molecule has 0 aromatic heterocycles. The molecule has 0 fully saturated rings. The van der Waals surface area contributed by atoms with E-state index in [1.165, 1.54) is 7.11 Å². The Bertz CT molecular complexity index is 910. The molecule has 0 aliphatic rings. The SMILES string of the molecule is CCC(=C(CC)c1c(O)c(O)c(OC)c(C=O)c1C=O)c1ccc(OC)cc1. The third-order valence-electron chi connectivity index (χ3n) is 4.73. The number of aldehydes is 2. The zero-order chi connectivity index (χ0) is 20.8. The van der Waals surface area contributed by atoms with Gasteiger partial charge in [-0.25, -0.2) is 0 Å². The molecular weight excluding hydrogens is 360 g/mol. The van der Waals surface area contributed by atoms with Crippen LogP contribution in [0.4, 0.5) is 0 Å². The molecule has 2 N–H and O–H groups in total. The van der Waals surface area contributed by atoms with Crippen molar-refractivity contribution in [2.45, 2.75) is 26.7 Å². The lowest BCUT2D eigenvalue weighted by atomic mass is 9.86. The predicted molar refractivity (Wildman–Crippen MR) is 107 cm³/mol. The number of phenols is 2. The highest BCUT2D eigenvalue weighted by Gasteiger charge is 2.27. The number of phenolic OH excluding ortho intramolecular Hbond substituents is 2. The number of benzene rings is 2. The number of carbonyl (C=O) groups excluding carboxylic acids is 2. The number of hydrogen-bond acceptors (Lipinski definition) is 6. The smallest absolute Gasteiger partial charge is 0.201 e. The first kappa shape index (κ1) is 21.0. The first-order chi connectivity index (χ1) is 13.5. The summed E-state index contributed by atoms with van der Waals surface area (Å²) in [6.07, 6.45) is 2.01. The van der Waals surface area contributed by atoms with E-state index in [1.807, 2.05) is 38.1 Å². The summed E-state index contributed by atoms with van der Waals surface area (Å²) in [5.74, 6) is -0.572. The van der Waals surface area contributed by atoms with Gasteiger partial charge in [0.2, 0.25) is 5.75 Å². The highest BCUT2D eigenvalue weighted by atomic mass is 16.5. The van der Waals surface area contributed by atoms with E-state index in [4.69, 9.17) is 9.47 Å². The topological polar surface area (TPSA) is 93.1 Å².